The van der Waals surface area contributed by atoms with Gasteiger partial charge in [-0.15, -0.1) is 0 Å². The Morgan fingerprint density at radius 2 is 1.92 bits per heavy atom. The van der Waals surface area contributed by atoms with Gasteiger partial charge in [-0.2, -0.15) is 8.78 Å². The summed E-state index contributed by atoms with van der Waals surface area (Å²) >= 11 is 0. The Bertz CT molecular complexity index is 629. The molecule has 1 heterocycles. The Morgan fingerprint density at radius 1 is 1.20 bits per heavy atom. The van der Waals surface area contributed by atoms with Gasteiger partial charge in [-0.05, 0) is 31.0 Å². The van der Waals surface area contributed by atoms with E-state index in [9.17, 15) is 18.4 Å². The first-order valence-corrected chi connectivity index (χ1v) is 8.37. The second-order valence-electron chi connectivity index (χ2n) is 6.32. The summed E-state index contributed by atoms with van der Waals surface area (Å²) in [5, 5.41) is 2.95. The number of rotatable bonds is 6. The molecule has 1 saturated heterocycles. The number of halogens is 2. The fraction of sp³-hybridized carbons (Fsp3) is 0.529. The number of ether oxygens (including phenoxy) is 1. The fourth-order valence-electron chi connectivity index (χ4n) is 2.80. The summed E-state index contributed by atoms with van der Waals surface area (Å²) in [6, 6.07) is 6.15. The van der Waals surface area contributed by atoms with Crippen LogP contribution in [0.15, 0.2) is 24.3 Å². The molecule has 136 valence electrons. The van der Waals surface area contributed by atoms with E-state index in [1.54, 1.807) is 11.0 Å². The molecule has 2 fully saturated rings. The number of nitrogens with zero attached hydrogens (tertiary/aromatic N) is 2. The summed E-state index contributed by atoms with van der Waals surface area (Å²) in [6.45, 7) is -0.370. The van der Waals surface area contributed by atoms with Gasteiger partial charge >= 0.3 is 6.61 Å². The number of hydrogen-bond acceptors (Lipinski definition) is 4. The van der Waals surface area contributed by atoms with Gasteiger partial charge in [-0.25, -0.2) is 0 Å². The number of benzene rings is 1. The van der Waals surface area contributed by atoms with Gasteiger partial charge < -0.3 is 15.0 Å². The molecule has 1 saturated carbocycles. The molecule has 0 radical (unpaired) electrons. The van der Waals surface area contributed by atoms with Gasteiger partial charge in [-0.1, -0.05) is 6.07 Å². The van der Waals surface area contributed by atoms with Crippen molar-refractivity contribution < 1.29 is 23.1 Å². The van der Waals surface area contributed by atoms with Crippen LogP contribution in [0.25, 0.3) is 0 Å². The van der Waals surface area contributed by atoms with Crippen molar-refractivity contribution in [2.45, 2.75) is 25.5 Å². The Balaban J connectivity index is 1.50. The van der Waals surface area contributed by atoms with Crippen LogP contribution in [0.1, 0.15) is 23.2 Å². The van der Waals surface area contributed by atoms with E-state index < -0.39 is 6.61 Å². The molecule has 3 rings (SSSR count). The van der Waals surface area contributed by atoms with Crippen LogP contribution in [0.5, 0.6) is 5.75 Å². The molecular formula is C17H21F2N3O3. The van der Waals surface area contributed by atoms with E-state index in [0.29, 0.717) is 44.3 Å². The highest BCUT2D eigenvalue weighted by molar-refractivity contribution is 5.94. The predicted molar refractivity (Wildman–Crippen MR) is 86.6 cm³/mol. The van der Waals surface area contributed by atoms with Gasteiger partial charge in [0.05, 0.1) is 6.54 Å². The standard InChI is InChI=1S/C17H21F2N3O3/c18-17(19)25-14-3-1-2-12(10-14)16(24)22-8-6-21(7-9-22)11-15(23)20-13-4-5-13/h1-3,10,13,17H,4-9,11H2,(H,20,23). The van der Waals surface area contributed by atoms with Crippen molar-refractivity contribution in [3.05, 3.63) is 29.8 Å². The zero-order chi connectivity index (χ0) is 17.8. The number of piperazine rings is 1. The molecule has 6 nitrogen and oxygen atoms in total. The van der Waals surface area contributed by atoms with Crippen molar-refractivity contribution in [3.8, 4) is 5.75 Å². The van der Waals surface area contributed by atoms with Crippen molar-refractivity contribution in [3.63, 3.8) is 0 Å². The third kappa shape index (κ3) is 5.12. The maximum atomic E-state index is 12.5. The molecule has 0 bridgehead atoms. The van der Waals surface area contributed by atoms with Crippen LogP contribution < -0.4 is 10.1 Å². The summed E-state index contributed by atoms with van der Waals surface area (Å²) in [4.78, 5) is 28.0. The minimum absolute atomic E-state index is 0.0270. The zero-order valence-corrected chi connectivity index (χ0v) is 13.8. The average molecular weight is 353 g/mol. The molecule has 0 aromatic heterocycles. The number of nitrogens with one attached hydrogen (secondary N) is 1. The minimum atomic E-state index is -2.92. The van der Waals surface area contributed by atoms with E-state index in [2.05, 4.69) is 10.1 Å². The monoisotopic (exact) mass is 353 g/mol. The van der Waals surface area contributed by atoms with E-state index in [4.69, 9.17) is 0 Å². The lowest BCUT2D eigenvalue weighted by atomic mass is 10.1. The van der Waals surface area contributed by atoms with E-state index >= 15 is 0 Å². The number of carbonyl (C=O) groups is 2. The average Bonchev–Trinajstić information content (AvgIpc) is 3.38. The molecular weight excluding hydrogens is 332 g/mol. The predicted octanol–water partition coefficient (Wildman–Crippen LogP) is 1.32. The van der Waals surface area contributed by atoms with Crippen LogP contribution in [-0.2, 0) is 4.79 Å². The molecule has 2 amide bonds. The molecule has 8 heteroatoms. The third-order valence-corrected chi connectivity index (χ3v) is 4.28. The fourth-order valence-corrected chi connectivity index (χ4v) is 2.80. The van der Waals surface area contributed by atoms with Crippen molar-refractivity contribution >= 4 is 11.8 Å². The molecule has 1 aromatic rings. The highest BCUT2D eigenvalue weighted by atomic mass is 19.3. The maximum absolute atomic E-state index is 12.5. The largest absolute Gasteiger partial charge is 0.435 e. The first-order chi connectivity index (χ1) is 12.0. The van der Waals surface area contributed by atoms with E-state index in [0.717, 1.165) is 12.8 Å². The Hall–Kier alpha value is -2.22. The SMILES string of the molecule is O=C(CN1CCN(C(=O)c2cccc(OC(F)F)c2)CC1)NC1CC1. The summed E-state index contributed by atoms with van der Waals surface area (Å²) in [6.07, 6.45) is 2.12. The summed E-state index contributed by atoms with van der Waals surface area (Å²) in [5.41, 5.74) is 0.318. The second kappa shape index (κ2) is 7.77. The lowest BCUT2D eigenvalue weighted by Crippen LogP contribution is -2.51. The highest BCUT2D eigenvalue weighted by Crippen LogP contribution is 2.19. The summed E-state index contributed by atoms with van der Waals surface area (Å²) in [5.74, 6) is -0.225. The van der Waals surface area contributed by atoms with Crippen LogP contribution >= 0.6 is 0 Å². The lowest BCUT2D eigenvalue weighted by Gasteiger charge is -2.34. The zero-order valence-electron chi connectivity index (χ0n) is 13.8. The van der Waals surface area contributed by atoms with E-state index in [1.165, 1.54) is 18.2 Å². The maximum Gasteiger partial charge on any atom is 0.387 e. The van der Waals surface area contributed by atoms with Crippen LogP contribution in [-0.4, -0.2) is 67.0 Å². The van der Waals surface area contributed by atoms with E-state index in [1.807, 2.05) is 4.90 Å². The third-order valence-electron chi connectivity index (χ3n) is 4.28. The number of carbonyl (C=O) groups excluding carboxylic acids is 2. The van der Waals surface area contributed by atoms with Crippen molar-refractivity contribution in [2.24, 2.45) is 0 Å². The number of amides is 2. The van der Waals surface area contributed by atoms with Crippen molar-refractivity contribution in [1.82, 2.24) is 15.1 Å². The molecule has 1 aliphatic carbocycles. The van der Waals surface area contributed by atoms with Crippen LogP contribution in [0.2, 0.25) is 0 Å². The Morgan fingerprint density at radius 3 is 2.56 bits per heavy atom. The Kier molecular flexibility index (Phi) is 5.47. The molecule has 25 heavy (non-hydrogen) atoms. The van der Waals surface area contributed by atoms with Crippen molar-refractivity contribution in [2.75, 3.05) is 32.7 Å². The molecule has 0 spiro atoms. The summed E-state index contributed by atoms with van der Waals surface area (Å²) < 4.78 is 28.9. The number of alkyl halides is 2. The topological polar surface area (TPSA) is 61.9 Å². The number of hydrogen-bond donors (Lipinski definition) is 1. The smallest absolute Gasteiger partial charge is 0.387 e. The molecule has 0 unspecified atom stereocenters. The van der Waals surface area contributed by atoms with Gasteiger partial charge in [0.2, 0.25) is 5.91 Å². The first-order valence-electron chi connectivity index (χ1n) is 8.37. The normalized spacial score (nSPS) is 18.3. The molecule has 1 N–H and O–H groups in total. The van der Waals surface area contributed by atoms with Gasteiger partial charge in [0.15, 0.2) is 0 Å². The van der Waals surface area contributed by atoms with E-state index in [-0.39, 0.29) is 17.6 Å². The highest BCUT2D eigenvalue weighted by Gasteiger charge is 2.26. The molecule has 1 aromatic carbocycles. The Labute approximate surface area is 144 Å². The lowest BCUT2D eigenvalue weighted by molar-refractivity contribution is -0.122. The molecule has 2 aliphatic rings. The quantitative estimate of drug-likeness (QED) is 0.838. The van der Waals surface area contributed by atoms with Gasteiger partial charge in [-0.3, -0.25) is 14.5 Å². The van der Waals surface area contributed by atoms with Crippen LogP contribution in [0.3, 0.4) is 0 Å². The van der Waals surface area contributed by atoms with Gasteiger partial charge in [0.1, 0.15) is 5.75 Å². The molecule has 1 aliphatic heterocycles. The molecule has 0 atom stereocenters. The van der Waals surface area contributed by atoms with Crippen LogP contribution in [0, 0.1) is 0 Å². The van der Waals surface area contributed by atoms with Crippen LogP contribution in [0.4, 0.5) is 8.78 Å². The summed E-state index contributed by atoms with van der Waals surface area (Å²) in [7, 11) is 0. The van der Waals surface area contributed by atoms with Gasteiger partial charge in [0.25, 0.3) is 5.91 Å². The first kappa shape index (κ1) is 17.6. The minimum Gasteiger partial charge on any atom is -0.435 e. The van der Waals surface area contributed by atoms with Gasteiger partial charge in [0, 0.05) is 37.8 Å². The second-order valence-corrected chi connectivity index (χ2v) is 6.32. The van der Waals surface area contributed by atoms with Crippen molar-refractivity contribution in [1.29, 1.82) is 0 Å².